The van der Waals surface area contributed by atoms with Crippen molar-refractivity contribution in [3.05, 3.63) is 35.1 Å². The maximum atomic E-state index is 13.4. The van der Waals surface area contributed by atoms with Crippen molar-refractivity contribution in [1.29, 1.82) is 0 Å². The average Bonchev–Trinajstić information content (AvgIpc) is 2.43. The van der Waals surface area contributed by atoms with Gasteiger partial charge in [0, 0.05) is 32.6 Å². The van der Waals surface area contributed by atoms with Crippen molar-refractivity contribution in [2.24, 2.45) is 0 Å². The average molecular weight is 289 g/mol. The molecule has 0 spiro atoms. The standard InChI is InChI=1S/C13H14F3NO3/c14-9-2-1-8(10(15)11(9)16)12(18)17-7-13(19)3-5-20-6-4-13/h1-2,19H,3-7H2,(H,17,18). The Kier molecular flexibility index (Phi) is 4.29. The predicted octanol–water partition coefficient (Wildman–Crippen LogP) is 1.38. The van der Waals surface area contributed by atoms with Gasteiger partial charge in [0.2, 0.25) is 0 Å². The van der Waals surface area contributed by atoms with Gasteiger partial charge in [-0.3, -0.25) is 4.79 Å². The van der Waals surface area contributed by atoms with Crippen LogP contribution in [0.1, 0.15) is 23.2 Å². The summed E-state index contributed by atoms with van der Waals surface area (Å²) in [6.07, 6.45) is 0.682. The predicted molar refractivity (Wildman–Crippen MR) is 63.7 cm³/mol. The van der Waals surface area contributed by atoms with Crippen LogP contribution in [0, 0.1) is 17.5 Å². The fourth-order valence-corrected chi connectivity index (χ4v) is 1.97. The minimum Gasteiger partial charge on any atom is -0.388 e. The van der Waals surface area contributed by atoms with Crippen LogP contribution in [0.4, 0.5) is 13.2 Å². The van der Waals surface area contributed by atoms with Crippen molar-refractivity contribution in [2.75, 3.05) is 19.8 Å². The molecule has 1 aliphatic heterocycles. The minimum atomic E-state index is -1.69. The monoisotopic (exact) mass is 289 g/mol. The van der Waals surface area contributed by atoms with Crippen molar-refractivity contribution in [2.45, 2.75) is 18.4 Å². The van der Waals surface area contributed by atoms with E-state index in [2.05, 4.69) is 5.32 Å². The van der Waals surface area contributed by atoms with Crippen molar-refractivity contribution < 1.29 is 27.8 Å². The Balaban J connectivity index is 2.03. The van der Waals surface area contributed by atoms with Crippen LogP contribution in [-0.4, -0.2) is 36.4 Å². The number of hydrogen-bond donors (Lipinski definition) is 2. The summed E-state index contributed by atoms with van der Waals surface area (Å²) in [4.78, 5) is 11.7. The first kappa shape index (κ1) is 14.8. The zero-order valence-electron chi connectivity index (χ0n) is 10.6. The van der Waals surface area contributed by atoms with Crippen LogP contribution in [0.3, 0.4) is 0 Å². The number of carbonyl (C=O) groups is 1. The van der Waals surface area contributed by atoms with Crippen LogP contribution in [0.15, 0.2) is 12.1 Å². The van der Waals surface area contributed by atoms with E-state index < -0.39 is 34.5 Å². The molecule has 2 rings (SSSR count). The Hall–Kier alpha value is -1.60. The molecular weight excluding hydrogens is 275 g/mol. The molecule has 1 saturated heterocycles. The molecule has 1 amide bonds. The van der Waals surface area contributed by atoms with E-state index in [0.29, 0.717) is 32.1 Å². The number of nitrogens with one attached hydrogen (secondary N) is 1. The largest absolute Gasteiger partial charge is 0.388 e. The number of amides is 1. The second-order valence-electron chi connectivity index (χ2n) is 4.74. The lowest BCUT2D eigenvalue weighted by molar-refractivity contribution is -0.0605. The molecule has 110 valence electrons. The van der Waals surface area contributed by atoms with Gasteiger partial charge < -0.3 is 15.2 Å². The molecule has 2 N–H and O–H groups in total. The number of benzene rings is 1. The highest BCUT2D eigenvalue weighted by Gasteiger charge is 2.30. The van der Waals surface area contributed by atoms with Crippen LogP contribution in [0.2, 0.25) is 0 Å². The molecule has 0 saturated carbocycles. The Labute approximate surface area is 113 Å². The molecule has 0 bridgehead atoms. The van der Waals surface area contributed by atoms with Crippen LogP contribution < -0.4 is 5.32 Å². The molecule has 1 aliphatic rings. The molecule has 1 heterocycles. The third-order valence-corrected chi connectivity index (χ3v) is 3.28. The Morgan fingerprint density at radius 1 is 1.25 bits per heavy atom. The third kappa shape index (κ3) is 3.10. The van der Waals surface area contributed by atoms with E-state index in [1.165, 1.54) is 0 Å². The molecule has 20 heavy (non-hydrogen) atoms. The number of halogens is 3. The minimum absolute atomic E-state index is 0.104. The first-order chi connectivity index (χ1) is 9.43. The van der Waals surface area contributed by atoms with E-state index in [4.69, 9.17) is 4.74 Å². The Morgan fingerprint density at radius 2 is 1.90 bits per heavy atom. The molecule has 1 aromatic rings. The number of rotatable bonds is 3. The lowest BCUT2D eigenvalue weighted by Gasteiger charge is -2.32. The summed E-state index contributed by atoms with van der Waals surface area (Å²) in [5.41, 5.74) is -1.72. The van der Waals surface area contributed by atoms with Crippen molar-refractivity contribution >= 4 is 5.91 Å². The van der Waals surface area contributed by atoms with E-state index >= 15 is 0 Å². The van der Waals surface area contributed by atoms with Gasteiger partial charge in [0.15, 0.2) is 17.5 Å². The normalized spacial score (nSPS) is 17.8. The lowest BCUT2D eigenvalue weighted by atomic mass is 9.94. The van der Waals surface area contributed by atoms with Crippen molar-refractivity contribution in [1.82, 2.24) is 5.32 Å². The first-order valence-corrected chi connectivity index (χ1v) is 6.15. The topological polar surface area (TPSA) is 58.6 Å². The second-order valence-corrected chi connectivity index (χ2v) is 4.74. The van der Waals surface area contributed by atoms with E-state index in [-0.39, 0.29) is 6.54 Å². The number of hydrogen-bond acceptors (Lipinski definition) is 3. The van der Waals surface area contributed by atoms with Gasteiger partial charge in [-0.15, -0.1) is 0 Å². The molecule has 7 heteroatoms. The number of aliphatic hydroxyl groups is 1. The molecule has 0 aliphatic carbocycles. The summed E-state index contributed by atoms with van der Waals surface area (Å²) < 4.78 is 44.3. The molecule has 1 fully saturated rings. The van der Waals surface area contributed by atoms with Gasteiger partial charge in [0.1, 0.15) is 0 Å². The van der Waals surface area contributed by atoms with Crippen LogP contribution in [0.25, 0.3) is 0 Å². The number of ether oxygens (including phenoxy) is 1. The number of carbonyl (C=O) groups excluding carboxylic acids is 1. The third-order valence-electron chi connectivity index (χ3n) is 3.28. The molecule has 0 aromatic heterocycles. The van der Waals surface area contributed by atoms with Crippen LogP contribution >= 0.6 is 0 Å². The van der Waals surface area contributed by atoms with Gasteiger partial charge in [0.05, 0.1) is 11.2 Å². The summed E-state index contributed by atoms with van der Waals surface area (Å²) >= 11 is 0. The lowest BCUT2D eigenvalue weighted by Crippen LogP contribution is -2.46. The maximum absolute atomic E-state index is 13.4. The fraction of sp³-hybridized carbons (Fsp3) is 0.462. The van der Waals surface area contributed by atoms with Gasteiger partial charge >= 0.3 is 0 Å². The molecule has 4 nitrogen and oxygen atoms in total. The molecule has 0 unspecified atom stereocenters. The van der Waals surface area contributed by atoms with Gasteiger partial charge in [0.25, 0.3) is 5.91 Å². The van der Waals surface area contributed by atoms with Gasteiger partial charge in [-0.25, -0.2) is 13.2 Å². The summed E-state index contributed by atoms with van der Waals surface area (Å²) in [7, 11) is 0. The Morgan fingerprint density at radius 3 is 2.55 bits per heavy atom. The Bertz CT molecular complexity index is 516. The quantitative estimate of drug-likeness (QED) is 0.826. The van der Waals surface area contributed by atoms with Gasteiger partial charge in [-0.05, 0) is 12.1 Å². The highest BCUT2D eigenvalue weighted by molar-refractivity contribution is 5.94. The van der Waals surface area contributed by atoms with E-state index in [0.717, 1.165) is 6.07 Å². The summed E-state index contributed by atoms with van der Waals surface area (Å²) in [6.45, 7) is 0.630. The second kappa shape index (κ2) is 5.80. The van der Waals surface area contributed by atoms with Gasteiger partial charge in [-0.2, -0.15) is 0 Å². The molecule has 0 atom stereocenters. The molecule has 1 aromatic carbocycles. The summed E-state index contributed by atoms with van der Waals surface area (Å²) in [5.74, 6) is -5.49. The summed E-state index contributed by atoms with van der Waals surface area (Å²) in [5, 5.41) is 12.4. The van der Waals surface area contributed by atoms with Crippen LogP contribution in [0.5, 0.6) is 0 Å². The molecule has 0 radical (unpaired) electrons. The fourth-order valence-electron chi connectivity index (χ4n) is 1.97. The van der Waals surface area contributed by atoms with Gasteiger partial charge in [-0.1, -0.05) is 0 Å². The SMILES string of the molecule is O=C(NCC1(O)CCOCC1)c1ccc(F)c(F)c1F. The smallest absolute Gasteiger partial charge is 0.254 e. The zero-order valence-corrected chi connectivity index (χ0v) is 10.6. The van der Waals surface area contributed by atoms with Crippen LogP contribution in [-0.2, 0) is 4.74 Å². The highest BCUT2D eigenvalue weighted by Crippen LogP contribution is 2.20. The molecular formula is C13H14F3NO3. The van der Waals surface area contributed by atoms with Crippen molar-refractivity contribution in [3.8, 4) is 0 Å². The van der Waals surface area contributed by atoms with Crippen molar-refractivity contribution in [3.63, 3.8) is 0 Å². The van der Waals surface area contributed by atoms with E-state index in [1.807, 2.05) is 0 Å². The first-order valence-electron chi connectivity index (χ1n) is 6.15. The van der Waals surface area contributed by atoms with E-state index in [1.54, 1.807) is 0 Å². The highest BCUT2D eigenvalue weighted by atomic mass is 19.2. The zero-order chi connectivity index (χ0) is 14.8. The summed E-state index contributed by atoms with van der Waals surface area (Å²) in [6, 6.07) is 1.54. The van der Waals surface area contributed by atoms with E-state index in [9.17, 15) is 23.1 Å². The maximum Gasteiger partial charge on any atom is 0.254 e.